The van der Waals surface area contributed by atoms with Crippen molar-refractivity contribution in [2.45, 2.75) is 5.92 Å². The molecular formula is C12H9ClN2O. The van der Waals surface area contributed by atoms with Crippen LogP contribution in [0.5, 0.6) is 0 Å². The number of nitrogens with zero attached hydrogens (tertiary/aromatic N) is 1. The van der Waals surface area contributed by atoms with Gasteiger partial charge >= 0.3 is 0 Å². The molecule has 0 saturated carbocycles. The van der Waals surface area contributed by atoms with E-state index in [0.717, 1.165) is 11.3 Å². The number of amides is 1. The third-order valence-electron chi connectivity index (χ3n) is 2.97. The Balaban J connectivity index is 2.16. The summed E-state index contributed by atoms with van der Waals surface area (Å²) in [5.41, 5.74) is 1.96. The summed E-state index contributed by atoms with van der Waals surface area (Å²) in [4.78, 5) is 15.9. The second kappa shape index (κ2) is 3.46. The zero-order valence-electron chi connectivity index (χ0n) is 8.35. The number of para-hydroxylation sites is 1. The molecule has 0 fully saturated rings. The Morgan fingerprint density at radius 2 is 2.12 bits per heavy atom. The number of rotatable bonds is 0. The lowest BCUT2D eigenvalue weighted by Crippen LogP contribution is -2.37. The van der Waals surface area contributed by atoms with Crippen LogP contribution in [0.15, 0.2) is 41.5 Å². The van der Waals surface area contributed by atoms with E-state index in [2.05, 4.69) is 10.3 Å². The SMILES string of the molecule is O=C1Nc2ccccc2C2C=CN=C(Cl)C12. The Kier molecular flexibility index (Phi) is 2.07. The van der Waals surface area contributed by atoms with Crippen LogP contribution in [0.1, 0.15) is 11.5 Å². The largest absolute Gasteiger partial charge is 0.325 e. The molecule has 1 N–H and O–H groups in total. The van der Waals surface area contributed by atoms with Gasteiger partial charge in [0.25, 0.3) is 0 Å². The summed E-state index contributed by atoms with van der Waals surface area (Å²) in [6.45, 7) is 0. The highest BCUT2D eigenvalue weighted by Crippen LogP contribution is 2.39. The minimum Gasteiger partial charge on any atom is -0.325 e. The molecule has 0 spiro atoms. The smallest absolute Gasteiger partial charge is 0.235 e. The summed E-state index contributed by atoms with van der Waals surface area (Å²) in [7, 11) is 0. The van der Waals surface area contributed by atoms with Crippen molar-refractivity contribution in [1.29, 1.82) is 0 Å². The maximum atomic E-state index is 11.9. The fourth-order valence-electron chi connectivity index (χ4n) is 2.21. The van der Waals surface area contributed by atoms with Crippen LogP contribution >= 0.6 is 11.6 Å². The van der Waals surface area contributed by atoms with Crippen molar-refractivity contribution in [3.63, 3.8) is 0 Å². The van der Waals surface area contributed by atoms with Crippen LogP contribution in [-0.4, -0.2) is 11.1 Å². The second-order valence-corrected chi connectivity index (χ2v) is 4.26. The average Bonchev–Trinajstić information content (AvgIpc) is 2.29. The zero-order chi connectivity index (χ0) is 11.1. The summed E-state index contributed by atoms with van der Waals surface area (Å²) in [6, 6.07) is 7.77. The molecule has 0 bridgehead atoms. The number of carbonyl (C=O) groups excluding carboxylic acids is 1. The van der Waals surface area contributed by atoms with Gasteiger partial charge in [0, 0.05) is 17.8 Å². The number of benzene rings is 1. The van der Waals surface area contributed by atoms with Gasteiger partial charge in [0.1, 0.15) is 11.1 Å². The standard InChI is InChI=1S/C12H9ClN2O/c13-11-10-8(5-6-14-11)7-3-1-2-4-9(7)15-12(10)16/h1-6,8,10H,(H,15,16). The van der Waals surface area contributed by atoms with Crippen molar-refractivity contribution in [2.75, 3.05) is 5.32 Å². The van der Waals surface area contributed by atoms with Crippen molar-refractivity contribution in [1.82, 2.24) is 0 Å². The van der Waals surface area contributed by atoms with Crippen LogP contribution in [0, 0.1) is 5.92 Å². The number of fused-ring (bicyclic) bond motifs is 3. The van der Waals surface area contributed by atoms with Crippen molar-refractivity contribution in [3.8, 4) is 0 Å². The van der Waals surface area contributed by atoms with E-state index in [1.165, 1.54) is 0 Å². The molecule has 16 heavy (non-hydrogen) atoms. The van der Waals surface area contributed by atoms with Crippen LogP contribution in [0.2, 0.25) is 0 Å². The predicted octanol–water partition coefficient (Wildman–Crippen LogP) is 2.50. The first kappa shape index (κ1) is 9.60. The first-order valence-corrected chi connectivity index (χ1v) is 5.45. The average molecular weight is 233 g/mol. The summed E-state index contributed by atoms with van der Waals surface area (Å²) in [6.07, 6.45) is 3.59. The number of anilines is 1. The highest BCUT2D eigenvalue weighted by Gasteiger charge is 2.38. The number of hydrogen-bond acceptors (Lipinski definition) is 2. The van der Waals surface area contributed by atoms with Gasteiger partial charge in [-0.15, -0.1) is 0 Å². The van der Waals surface area contributed by atoms with Gasteiger partial charge in [-0.3, -0.25) is 4.79 Å². The summed E-state index contributed by atoms with van der Waals surface area (Å²) >= 11 is 5.99. The molecule has 1 amide bonds. The molecule has 0 aliphatic carbocycles. The molecule has 3 rings (SSSR count). The molecule has 2 atom stereocenters. The Morgan fingerprint density at radius 3 is 3.00 bits per heavy atom. The first-order valence-electron chi connectivity index (χ1n) is 5.07. The van der Waals surface area contributed by atoms with Crippen LogP contribution < -0.4 is 5.32 Å². The second-order valence-electron chi connectivity index (χ2n) is 3.87. The maximum absolute atomic E-state index is 11.9. The van der Waals surface area contributed by atoms with Gasteiger partial charge in [-0.1, -0.05) is 35.9 Å². The minimum atomic E-state index is -0.374. The third-order valence-corrected chi connectivity index (χ3v) is 3.30. The van der Waals surface area contributed by atoms with Gasteiger partial charge in [-0.2, -0.15) is 0 Å². The Bertz CT molecular complexity index is 522. The van der Waals surface area contributed by atoms with E-state index < -0.39 is 0 Å². The van der Waals surface area contributed by atoms with E-state index in [0.29, 0.717) is 5.17 Å². The molecule has 1 aromatic rings. The lowest BCUT2D eigenvalue weighted by molar-refractivity contribution is -0.118. The fraction of sp³-hybridized carbons (Fsp3) is 0.167. The molecule has 80 valence electrons. The molecule has 1 aromatic carbocycles. The molecule has 2 aliphatic heterocycles. The summed E-state index contributed by atoms with van der Waals surface area (Å²) < 4.78 is 0. The summed E-state index contributed by atoms with van der Waals surface area (Å²) in [5, 5.41) is 3.21. The molecule has 4 heteroatoms. The monoisotopic (exact) mass is 232 g/mol. The van der Waals surface area contributed by atoms with Crippen molar-refractivity contribution in [3.05, 3.63) is 42.1 Å². The van der Waals surface area contributed by atoms with Crippen LogP contribution in [-0.2, 0) is 4.79 Å². The summed E-state index contributed by atoms with van der Waals surface area (Å²) in [5.74, 6) is -0.446. The molecule has 2 aliphatic rings. The highest BCUT2D eigenvalue weighted by molar-refractivity contribution is 6.68. The predicted molar refractivity (Wildman–Crippen MR) is 63.7 cm³/mol. The quantitative estimate of drug-likeness (QED) is 0.734. The number of aliphatic imine (C=N–C) groups is 1. The van der Waals surface area contributed by atoms with Gasteiger partial charge in [0.05, 0.1) is 0 Å². The Morgan fingerprint density at radius 1 is 1.31 bits per heavy atom. The Labute approximate surface area is 97.8 Å². The van der Waals surface area contributed by atoms with Gasteiger partial charge in [-0.25, -0.2) is 4.99 Å². The third kappa shape index (κ3) is 1.28. The van der Waals surface area contributed by atoms with Crippen LogP contribution in [0.3, 0.4) is 0 Å². The molecule has 0 aromatic heterocycles. The van der Waals surface area contributed by atoms with Gasteiger partial charge in [0.2, 0.25) is 5.91 Å². The van der Waals surface area contributed by atoms with Crippen molar-refractivity contribution >= 4 is 28.4 Å². The number of nitrogens with one attached hydrogen (secondary N) is 1. The van der Waals surface area contributed by atoms with E-state index in [1.807, 2.05) is 30.3 Å². The molecular weight excluding hydrogens is 224 g/mol. The molecule has 2 heterocycles. The van der Waals surface area contributed by atoms with Gasteiger partial charge in [0.15, 0.2) is 0 Å². The zero-order valence-corrected chi connectivity index (χ0v) is 9.11. The van der Waals surface area contributed by atoms with Gasteiger partial charge in [-0.05, 0) is 11.6 Å². The van der Waals surface area contributed by atoms with E-state index in [9.17, 15) is 4.79 Å². The van der Waals surface area contributed by atoms with Crippen molar-refractivity contribution < 1.29 is 4.79 Å². The number of hydrogen-bond donors (Lipinski definition) is 1. The fourth-order valence-corrected chi connectivity index (χ4v) is 2.50. The van der Waals surface area contributed by atoms with E-state index in [4.69, 9.17) is 11.6 Å². The molecule has 0 saturated heterocycles. The lowest BCUT2D eigenvalue weighted by atomic mass is 9.81. The highest BCUT2D eigenvalue weighted by atomic mass is 35.5. The van der Waals surface area contributed by atoms with Crippen LogP contribution in [0.4, 0.5) is 5.69 Å². The van der Waals surface area contributed by atoms with Gasteiger partial charge < -0.3 is 5.32 Å². The molecule has 0 radical (unpaired) electrons. The van der Waals surface area contributed by atoms with Crippen LogP contribution in [0.25, 0.3) is 0 Å². The van der Waals surface area contributed by atoms with E-state index >= 15 is 0 Å². The topological polar surface area (TPSA) is 41.5 Å². The molecule has 3 nitrogen and oxygen atoms in total. The first-order chi connectivity index (χ1) is 7.77. The normalized spacial score (nSPS) is 26.6. The maximum Gasteiger partial charge on any atom is 0.235 e. The number of halogens is 1. The van der Waals surface area contributed by atoms with E-state index in [-0.39, 0.29) is 17.7 Å². The minimum absolute atomic E-state index is 0.00921. The Hall–Kier alpha value is -1.61. The number of allylic oxidation sites excluding steroid dienone is 1. The molecule has 2 unspecified atom stereocenters. The lowest BCUT2D eigenvalue weighted by Gasteiger charge is -2.31. The van der Waals surface area contributed by atoms with E-state index in [1.54, 1.807) is 6.20 Å². The number of carbonyl (C=O) groups is 1. The van der Waals surface area contributed by atoms with Crippen molar-refractivity contribution in [2.24, 2.45) is 10.9 Å².